The lowest BCUT2D eigenvalue weighted by molar-refractivity contribution is 0.612. The monoisotopic (exact) mass is 342 g/mol. The lowest BCUT2D eigenvalue weighted by Crippen LogP contribution is -2.25. The van der Waals surface area contributed by atoms with Crippen molar-refractivity contribution in [2.45, 2.75) is 32.1 Å². The van der Waals surface area contributed by atoms with Crippen LogP contribution in [-0.4, -0.2) is 36.1 Å². The number of H-pyrrole nitrogens is 1. The second-order valence-electron chi connectivity index (χ2n) is 6.86. The lowest BCUT2D eigenvalue weighted by atomic mass is 10.1. The molecule has 0 radical (unpaired) electrons. The number of hydrogen-bond donors (Lipinski definition) is 1. The molecule has 2 fully saturated rings. The molecule has 2 aromatic rings. The van der Waals surface area contributed by atoms with Crippen molar-refractivity contribution < 1.29 is 4.39 Å². The minimum atomic E-state index is -0.228. The van der Waals surface area contributed by atoms with Crippen molar-refractivity contribution in [1.29, 1.82) is 0 Å². The van der Waals surface area contributed by atoms with Gasteiger partial charge in [0.15, 0.2) is 0 Å². The Balaban J connectivity index is 1.67. The van der Waals surface area contributed by atoms with Crippen molar-refractivity contribution in [1.82, 2.24) is 9.97 Å². The molecule has 2 aliphatic heterocycles. The van der Waals surface area contributed by atoms with E-state index in [9.17, 15) is 9.18 Å². The summed E-state index contributed by atoms with van der Waals surface area (Å²) in [5, 5.41) is 0. The molecule has 1 N–H and O–H groups in total. The summed E-state index contributed by atoms with van der Waals surface area (Å²) in [5.74, 6) is 0.383. The third kappa shape index (κ3) is 3.38. The van der Waals surface area contributed by atoms with Gasteiger partial charge in [-0.3, -0.25) is 9.78 Å². The van der Waals surface area contributed by atoms with Gasteiger partial charge in [-0.1, -0.05) is 6.07 Å². The second-order valence-corrected chi connectivity index (χ2v) is 6.86. The molecule has 5 nitrogen and oxygen atoms in total. The summed E-state index contributed by atoms with van der Waals surface area (Å²) < 4.78 is 14.5. The zero-order valence-corrected chi connectivity index (χ0v) is 14.3. The van der Waals surface area contributed by atoms with E-state index in [1.54, 1.807) is 6.07 Å². The first-order chi connectivity index (χ1) is 12.2. The molecular weight excluding hydrogens is 319 g/mol. The predicted molar refractivity (Wildman–Crippen MR) is 97.0 cm³/mol. The molecule has 2 saturated heterocycles. The highest BCUT2D eigenvalue weighted by Crippen LogP contribution is 2.28. The molecule has 2 aliphatic rings. The standard InChI is InChI=1S/C19H23FN4O/c20-16-6-5-7-17(23-8-1-2-9-23)15(16)12-14-13-18(25)22-19(21-14)24-10-3-4-11-24/h5-7,13H,1-4,8-12H2,(H,21,22,25). The number of halogens is 1. The van der Waals surface area contributed by atoms with Gasteiger partial charge in [-0.15, -0.1) is 0 Å². The van der Waals surface area contributed by atoms with E-state index < -0.39 is 0 Å². The first-order valence-corrected chi connectivity index (χ1v) is 9.08. The van der Waals surface area contributed by atoms with E-state index in [4.69, 9.17) is 0 Å². The summed E-state index contributed by atoms with van der Waals surface area (Å²) in [7, 11) is 0. The van der Waals surface area contributed by atoms with Gasteiger partial charge in [0.25, 0.3) is 5.56 Å². The summed E-state index contributed by atoms with van der Waals surface area (Å²) in [6, 6.07) is 6.70. The molecule has 132 valence electrons. The van der Waals surface area contributed by atoms with Crippen LogP contribution in [-0.2, 0) is 6.42 Å². The van der Waals surface area contributed by atoms with Gasteiger partial charge in [0.2, 0.25) is 5.95 Å². The fraction of sp³-hybridized carbons (Fsp3) is 0.474. The Morgan fingerprint density at radius 1 is 1.04 bits per heavy atom. The predicted octanol–water partition coefficient (Wildman–Crippen LogP) is 2.70. The quantitative estimate of drug-likeness (QED) is 0.928. The molecule has 25 heavy (non-hydrogen) atoms. The van der Waals surface area contributed by atoms with E-state index >= 15 is 0 Å². The smallest absolute Gasteiger partial charge is 0.252 e. The Hall–Kier alpha value is -2.37. The average Bonchev–Trinajstić information content (AvgIpc) is 3.30. The largest absolute Gasteiger partial charge is 0.371 e. The van der Waals surface area contributed by atoms with Crippen LogP contribution in [0, 0.1) is 5.82 Å². The Bertz CT molecular complexity index is 807. The molecule has 0 saturated carbocycles. The number of nitrogens with one attached hydrogen (secondary N) is 1. The maximum atomic E-state index is 14.5. The van der Waals surface area contributed by atoms with E-state index in [0.29, 0.717) is 23.6 Å². The van der Waals surface area contributed by atoms with Crippen molar-refractivity contribution in [2.24, 2.45) is 0 Å². The third-order valence-corrected chi connectivity index (χ3v) is 5.09. The fourth-order valence-corrected chi connectivity index (χ4v) is 3.82. The summed E-state index contributed by atoms with van der Waals surface area (Å²) in [6.07, 6.45) is 4.83. The Morgan fingerprint density at radius 3 is 2.44 bits per heavy atom. The van der Waals surface area contributed by atoms with Gasteiger partial charge in [-0.25, -0.2) is 9.37 Å². The number of nitrogens with zero attached hydrogens (tertiary/aromatic N) is 3. The number of hydrogen-bond acceptors (Lipinski definition) is 4. The minimum Gasteiger partial charge on any atom is -0.371 e. The number of benzene rings is 1. The van der Waals surface area contributed by atoms with Crippen LogP contribution in [0.1, 0.15) is 36.9 Å². The summed E-state index contributed by atoms with van der Waals surface area (Å²) in [6.45, 7) is 3.73. The Kier molecular flexibility index (Phi) is 4.42. The van der Waals surface area contributed by atoms with E-state index in [1.165, 1.54) is 12.1 Å². The van der Waals surface area contributed by atoms with Gasteiger partial charge >= 0.3 is 0 Å². The Morgan fingerprint density at radius 2 is 1.72 bits per heavy atom. The summed E-state index contributed by atoms with van der Waals surface area (Å²) in [4.78, 5) is 23.8. The van der Waals surface area contributed by atoms with Crippen LogP contribution in [0.2, 0.25) is 0 Å². The van der Waals surface area contributed by atoms with Gasteiger partial charge in [0.05, 0.1) is 5.69 Å². The number of anilines is 2. The molecule has 0 unspecified atom stereocenters. The molecule has 3 heterocycles. The topological polar surface area (TPSA) is 52.2 Å². The van der Waals surface area contributed by atoms with Gasteiger partial charge in [0, 0.05) is 49.9 Å². The van der Waals surface area contributed by atoms with E-state index in [2.05, 4.69) is 19.8 Å². The second kappa shape index (κ2) is 6.86. The maximum absolute atomic E-state index is 14.5. The molecule has 0 amide bonds. The first kappa shape index (κ1) is 16.1. The Labute approximate surface area is 146 Å². The SMILES string of the molecule is O=c1cc(Cc2c(F)cccc2N2CCCC2)nc(N2CCCC2)[nH]1. The molecule has 6 heteroatoms. The van der Waals surface area contributed by atoms with Crippen molar-refractivity contribution in [3.05, 3.63) is 51.7 Å². The van der Waals surface area contributed by atoms with Crippen molar-refractivity contribution >= 4 is 11.6 Å². The molecule has 0 bridgehead atoms. The summed E-state index contributed by atoms with van der Waals surface area (Å²) >= 11 is 0. The van der Waals surface area contributed by atoms with Crippen molar-refractivity contribution in [3.8, 4) is 0 Å². The molecule has 1 aromatic heterocycles. The molecule has 4 rings (SSSR count). The fourth-order valence-electron chi connectivity index (χ4n) is 3.82. The highest BCUT2D eigenvalue weighted by atomic mass is 19.1. The van der Waals surface area contributed by atoms with Gasteiger partial charge in [-0.05, 0) is 37.8 Å². The van der Waals surface area contributed by atoms with Gasteiger partial charge in [0.1, 0.15) is 5.82 Å². The summed E-state index contributed by atoms with van der Waals surface area (Å²) in [5.41, 5.74) is 2.01. The number of aromatic nitrogens is 2. The molecule has 0 atom stereocenters. The van der Waals surface area contributed by atoms with E-state index in [-0.39, 0.29) is 11.4 Å². The highest BCUT2D eigenvalue weighted by molar-refractivity contribution is 5.56. The van der Waals surface area contributed by atoms with Crippen LogP contribution in [0.25, 0.3) is 0 Å². The molecular formula is C19H23FN4O. The van der Waals surface area contributed by atoms with Crippen molar-refractivity contribution in [3.63, 3.8) is 0 Å². The van der Waals surface area contributed by atoms with Crippen LogP contribution in [0.5, 0.6) is 0 Å². The van der Waals surface area contributed by atoms with Crippen LogP contribution < -0.4 is 15.4 Å². The zero-order valence-electron chi connectivity index (χ0n) is 14.3. The first-order valence-electron chi connectivity index (χ1n) is 9.08. The van der Waals surface area contributed by atoms with E-state index in [1.807, 2.05) is 6.07 Å². The van der Waals surface area contributed by atoms with Crippen LogP contribution >= 0.6 is 0 Å². The molecule has 1 aromatic carbocycles. The lowest BCUT2D eigenvalue weighted by Gasteiger charge is -2.22. The third-order valence-electron chi connectivity index (χ3n) is 5.09. The van der Waals surface area contributed by atoms with Crippen molar-refractivity contribution in [2.75, 3.05) is 36.0 Å². The van der Waals surface area contributed by atoms with Gasteiger partial charge in [-0.2, -0.15) is 0 Å². The number of aromatic amines is 1. The number of rotatable bonds is 4. The van der Waals surface area contributed by atoms with Crippen LogP contribution in [0.3, 0.4) is 0 Å². The normalized spacial score (nSPS) is 17.5. The molecule has 0 aliphatic carbocycles. The van der Waals surface area contributed by atoms with Crippen LogP contribution in [0.4, 0.5) is 16.0 Å². The zero-order chi connectivity index (χ0) is 17.2. The minimum absolute atomic E-state index is 0.175. The molecule has 0 spiro atoms. The highest BCUT2D eigenvalue weighted by Gasteiger charge is 2.20. The average molecular weight is 342 g/mol. The van der Waals surface area contributed by atoms with E-state index in [0.717, 1.165) is 57.5 Å². The maximum Gasteiger partial charge on any atom is 0.252 e. The van der Waals surface area contributed by atoms with Crippen LogP contribution in [0.15, 0.2) is 29.1 Å². The van der Waals surface area contributed by atoms with Gasteiger partial charge < -0.3 is 9.80 Å².